The molecule has 4 heteroatoms. The minimum absolute atomic E-state index is 0.474. The van der Waals surface area contributed by atoms with E-state index in [1.165, 1.54) is 12.8 Å². The van der Waals surface area contributed by atoms with Crippen molar-refractivity contribution in [3.05, 3.63) is 23.8 Å². The minimum Gasteiger partial charge on any atom is -0.389 e. The van der Waals surface area contributed by atoms with Gasteiger partial charge < -0.3 is 11.1 Å². The fraction of sp³-hybridized carbons (Fsp3) is 0.500. The van der Waals surface area contributed by atoms with Crippen LogP contribution in [0.5, 0.6) is 0 Å². The number of thioether (sulfide) groups is 1. The summed E-state index contributed by atoms with van der Waals surface area (Å²) in [7, 11) is 0. The topological polar surface area (TPSA) is 38.0 Å². The fourth-order valence-corrected chi connectivity index (χ4v) is 3.13. The molecule has 0 spiro atoms. The molecule has 2 rings (SSSR count). The molecule has 1 atom stereocenters. The molecule has 0 saturated heterocycles. The van der Waals surface area contributed by atoms with E-state index in [1.807, 2.05) is 6.26 Å². The van der Waals surface area contributed by atoms with Gasteiger partial charge in [0.25, 0.3) is 0 Å². The Bertz CT molecular complexity index is 441. The molecule has 0 heterocycles. The average molecular weight is 280 g/mol. The van der Waals surface area contributed by atoms with Crippen LogP contribution in [0.3, 0.4) is 0 Å². The Balaban J connectivity index is 2.12. The summed E-state index contributed by atoms with van der Waals surface area (Å²) in [5, 5.41) is 3.51. The van der Waals surface area contributed by atoms with Crippen LogP contribution in [0.15, 0.2) is 23.1 Å². The van der Waals surface area contributed by atoms with Gasteiger partial charge in [-0.25, -0.2) is 0 Å². The minimum atomic E-state index is 0.474. The number of nitrogens with one attached hydrogen (secondary N) is 1. The molecular formula is C14H20N2S2. The molecule has 1 aliphatic carbocycles. The van der Waals surface area contributed by atoms with Gasteiger partial charge >= 0.3 is 0 Å². The van der Waals surface area contributed by atoms with Gasteiger partial charge in [-0.15, -0.1) is 11.8 Å². The lowest BCUT2D eigenvalue weighted by Gasteiger charge is -2.17. The van der Waals surface area contributed by atoms with Crippen LogP contribution in [0.1, 0.15) is 25.3 Å². The Labute approximate surface area is 119 Å². The van der Waals surface area contributed by atoms with Crippen LogP contribution in [-0.2, 0) is 0 Å². The van der Waals surface area contributed by atoms with E-state index in [9.17, 15) is 0 Å². The predicted molar refractivity (Wildman–Crippen MR) is 84.5 cm³/mol. The molecule has 18 heavy (non-hydrogen) atoms. The molecule has 0 aromatic heterocycles. The molecule has 1 fully saturated rings. The highest BCUT2D eigenvalue weighted by molar-refractivity contribution is 7.98. The molecule has 1 saturated carbocycles. The second-order valence-electron chi connectivity index (χ2n) is 4.94. The van der Waals surface area contributed by atoms with Crippen molar-refractivity contribution in [3.63, 3.8) is 0 Å². The SMILES string of the molecule is CSc1cccc(NCC(C)C2CC2)c1C(N)=S. The largest absolute Gasteiger partial charge is 0.389 e. The summed E-state index contributed by atoms with van der Waals surface area (Å²) in [5.74, 6) is 1.64. The van der Waals surface area contributed by atoms with Crippen molar-refractivity contribution in [2.24, 2.45) is 17.6 Å². The Morgan fingerprint density at radius 2 is 2.28 bits per heavy atom. The zero-order valence-electron chi connectivity index (χ0n) is 10.9. The fourth-order valence-electron chi connectivity index (χ4n) is 2.21. The van der Waals surface area contributed by atoms with Crippen LogP contribution in [0, 0.1) is 11.8 Å². The van der Waals surface area contributed by atoms with E-state index in [4.69, 9.17) is 18.0 Å². The molecule has 98 valence electrons. The van der Waals surface area contributed by atoms with Gasteiger partial charge in [0.1, 0.15) is 4.99 Å². The van der Waals surface area contributed by atoms with E-state index in [-0.39, 0.29) is 0 Å². The average Bonchev–Trinajstić information content (AvgIpc) is 3.19. The van der Waals surface area contributed by atoms with Gasteiger partial charge in [-0.1, -0.05) is 25.2 Å². The van der Waals surface area contributed by atoms with Crippen molar-refractivity contribution in [2.45, 2.75) is 24.7 Å². The van der Waals surface area contributed by atoms with Crippen LogP contribution in [0.25, 0.3) is 0 Å². The third-order valence-corrected chi connectivity index (χ3v) is 4.52. The molecule has 1 aromatic carbocycles. The van der Waals surface area contributed by atoms with Crippen molar-refractivity contribution in [2.75, 3.05) is 18.1 Å². The number of rotatable bonds is 6. The zero-order valence-corrected chi connectivity index (χ0v) is 12.5. The van der Waals surface area contributed by atoms with Gasteiger partial charge in [0.05, 0.1) is 0 Å². The van der Waals surface area contributed by atoms with Gasteiger partial charge in [0.15, 0.2) is 0 Å². The van der Waals surface area contributed by atoms with Crippen LogP contribution >= 0.6 is 24.0 Å². The second-order valence-corrected chi connectivity index (χ2v) is 6.23. The smallest absolute Gasteiger partial charge is 0.107 e. The maximum absolute atomic E-state index is 5.85. The molecule has 1 aliphatic rings. The first-order valence-corrected chi connectivity index (χ1v) is 7.97. The number of hydrogen-bond acceptors (Lipinski definition) is 3. The van der Waals surface area contributed by atoms with Crippen LogP contribution < -0.4 is 11.1 Å². The number of hydrogen-bond donors (Lipinski definition) is 2. The summed E-state index contributed by atoms with van der Waals surface area (Å²) < 4.78 is 0. The molecule has 0 aliphatic heterocycles. The quantitative estimate of drug-likeness (QED) is 0.618. The first-order chi connectivity index (χ1) is 8.63. The van der Waals surface area contributed by atoms with Crippen LogP contribution in [0.4, 0.5) is 5.69 Å². The summed E-state index contributed by atoms with van der Waals surface area (Å²) in [6.07, 6.45) is 4.82. The molecule has 0 amide bonds. The third kappa shape index (κ3) is 3.18. The van der Waals surface area contributed by atoms with Crippen molar-refractivity contribution >= 4 is 34.7 Å². The number of anilines is 1. The van der Waals surface area contributed by atoms with E-state index in [0.29, 0.717) is 4.99 Å². The maximum atomic E-state index is 5.85. The van der Waals surface area contributed by atoms with Gasteiger partial charge in [-0.3, -0.25) is 0 Å². The van der Waals surface area contributed by atoms with Gasteiger partial charge in [0.2, 0.25) is 0 Å². The predicted octanol–water partition coefficient (Wildman–Crippen LogP) is 3.50. The lowest BCUT2D eigenvalue weighted by atomic mass is 10.1. The lowest BCUT2D eigenvalue weighted by molar-refractivity contribution is 0.536. The highest BCUT2D eigenvalue weighted by Gasteiger charge is 2.27. The first-order valence-electron chi connectivity index (χ1n) is 6.34. The lowest BCUT2D eigenvalue weighted by Crippen LogP contribution is -2.18. The maximum Gasteiger partial charge on any atom is 0.107 e. The molecule has 0 radical (unpaired) electrons. The van der Waals surface area contributed by atoms with Crippen LogP contribution in [0.2, 0.25) is 0 Å². The summed E-state index contributed by atoms with van der Waals surface area (Å²) in [6, 6.07) is 6.18. The van der Waals surface area contributed by atoms with Gasteiger partial charge in [-0.2, -0.15) is 0 Å². The van der Waals surface area contributed by atoms with Crippen molar-refractivity contribution in [1.82, 2.24) is 0 Å². The van der Waals surface area contributed by atoms with E-state index in [0.717, 1.165) is 34.5 Å². The summed E-state index contributed by atoms with van der Waals surface area (Å²) in [6.45, 7) is 3.31. The summed E-state index contributed by atoms with van der Waals surface area (Å²) in [5.41, 5.74) is 7.91. The Morgan fingerprint density at radius 3 is 2.83 bits per heavy atom. The summed E-state index contributed by atoms with van der Waals surface area (Å²) in [4.78, 5) is 1.62. The number of thiocarbonyl (C=S) groups is 1. The van der Waals surface area contributed by atoms with Crippen LogP contribution in [-0.4, -0.2) is 17.8 Å². The number of benzene rings is 1. The van der Waals surface area contributed by atoms with E-state index < -0.39 is 0 Å². The molecule has 3 N–H and O–H groups in total. The zero-order chi connectivity index (χ0) is 13.1. The Hall–Kier alpha value is -0.740. The van der Waals surface area contributed by atoms with Gasteiger partial charge in [0, 0.05) is 22.7 Å². The Morgan fingerprint density at radius 1 is 1.56 bits per heavy atom. The van der Waals surface area contributed by atoms with Crippen molar-refractivity contribution in [1.29, 1.82) is 0 Å². The third-order valence-electron chi connectivity index (χ3n) is 3.53. The van der Waals surface area contributed by atoms with Crippen molar-refractivity contribution in [3.8, 4) is 0 Å². The monoisotopic (exact) mass is 280 g/mol. The molecule has 1 aromatic rings. The Kier molecular flexibility index (Phi) is 4.51. The highest BCUT2D eigenvalue weighted by atomic mass is 32.2. The normalized spacial score (nSPS) is 16.3. The van der Waals surface area contributed by atoms with E-state index in [1.54, 1.807) is 11.8 Å². The first kappa shape index (κ1) is 13.7. The second kappa shape index (κ2) is 5.93. The van der Waals surface area contributed by atoms with E-state index >= 15 is 0 Å². The van der Waals surface area contributed by atoms with Gasteiger partial charge in [-0.05, 0) is 43.1 Å². The standard InChI is InChI=1S/C14H20N2S2/c1-9(10-6-7-10)8-16-11-4-3-5-12(18-2)13(11)14(15)17/h3-5,9-10,16H,6-8H2,1-2H3,(H2,15,17). The summed E-state index contributed by atoms with van der Waals surface area (Å²) >= 11 is 6.85. The molecule has 2 nitrogen and oxygen atoms in total. The molecule has 0 bridgehead atoms. The molecule has 1 unspecified atom stereocenters. The number of nitrogens with two attached hydrogens (primary N) is 1. The highest BCUT2D eigenvalue weighted by Crippen LogP contribution is 2.37. The van der Waals surface area contributed by atoms with Crippen molar-refractivity contribution < 1.29 is 0 Å². The molecular weight excluding hydrogens is 260 g/mol. The van der Waals surface area contributed by atoms with E-state index in [2.05, 4.69) is 30.4 Å².